The quantitative estimate of drug-likeness (QED) is 0.940. The molecule has 0 aliphatic carbocycles. The summed E-state index contributed by atoms with van der Waals surface area (Å²) in [6.45, 7) is 7.53. The Hall–Kier alpha value is -1.94. The predicted molar refractivity (Wildman–Crippen MR) is 83.6 cm³/mol. The van der Waals surface area contributed by atoms with Gasteiger partial charge in [0.25, 0.3) is 5.56 Å². The van der Waals surface area contributed by atoms with Crippen LogP contribution in [0.4, 0.5) is 0 Å². The maximum Gasteiger partial charge on any atom is 0.259 e. The molecular formula is C17H22N2O2. The molecule has 21 heavy (non-hydrogen) atoms. The molecule has 2 aromatic rings. The number of aromatic nitrogens is 2. The summed E-state index contributed by atoms with van der Waals surface area (Å²) >= 11 is 0. The summed E-state index contributed by atoms with van der Waals surface area (Å²) < 4.78 is 1.53. The standard InChI is InChI=1S/C17H22N2O2/c1-12(2)11-13-7-6-10-19(16(13)20)15-9-5-8-14(18-15)17(3,4)21/h5-10,12,21H,11H2,1-4H3. The normalized spacial score (nSPS) is 11.9. The van der Waals surface area contributed by atoms with Crippen molar-refractivity contribution in [2.75, 3.05) is 0 Å². The van der Waals surface area contributed by atoms with Crippen molar-refractivity contribution in [3.05, 3.63) is 58.1 Å². The van der Waals surface area contributed by atoms with Crippen LogP contribution in [0.15, 0.2) is 41.3 Å². The lowest BCUT2D eigenvalue weighted by Gasteiger charge is -2.17. The fourth-order valence-corrected chi connectivity index (χ4v) is 2.21. The van der Waals surface area contributed by atoms with Crippen molar-refractivity contribution in [2.24, 2.45) is 5.92 Å². The van der Waals surface area contributed by atoms with E-state index in [1.807, 2.05) is 12.1 Å². The molecule has 0 atom stereocenters. The van der Waals surface area contributed by atoms with Crippen LogP contribution in [0.3, 0.4) is 0 Å². The summed E-state index contributed by atoms with van der Waals surface area (Å²) in [5.74, 6) is 0.953. The van der Waals surface area contributed by atoms with Gasteiger partial charge in [0.15, 0.2) is 0 Å². The number of rotatable bonds is 4. The Balaban J connectivity index is 2.50. The second-order valence-electron chi connectivity index (χ2n) is 6.25. The molecule has 0 aromatic carbocycles. The molecule has 0 aliphatic rings. The topological polar surface area (TPSA) is 55.1 Å². The van der Waals surface area contributed by atoms with Crippen molar-refractivity contribution >= 4 is 0 Å². The van der Waals surface area contributed by atoms with Crippen LogP contribution in [0, 0.1) is 5.92 Å². The third kappa shape index (κ3) is 3.58. The van der Waals surface area contributed by atoms with Gasteiger partial charge in [-0.05, 0) is 44.4 Å². The maximum atomic E-state index is 12.5. The van der Waals surface area contributed by atoms with E-state index in [9.17, 15) is 9.90 Å². The summed E-state index contributed by atoms with van der Waals surface area (Å²) in [5.41, 5.74) is 0.241. The lowest BCUT2D eigenvalue weighted by Crippen LogP contribution is -2.25. The van der Waals surface area contributed by atoms with Crippen LogP contribution in [0.5, 0.6) is 0 Å². The third-order valence-electron chi connectivity index (χ3n) is 3.26. The molecule has 0 saturated heterocycles. The Morgan fingerprint density at radius 1 is 1.24 bits per heavy atom. The van der Waals surface area contributed by atoms with Gasteiger partial charge in [-0.2, -0.15) is 0 Å². The molecule has 2 rings (SSSR count). The minimum Gasteiger partial charge on any atom is -0.384 e. The molecule has 0 aliphatic heterocycles. The third-order valence-corrected chi connectivity index (χ3v) is 3.26. The van der Waals surface area contributed by atoms with E-state index in [2.05, 4.69) is 18.8 Å². The van der Waals surface area contributed by atoms with Crippen LogP contribution in [-0.4, -0.2) is 14.7 Å². The van der Waals surface area contributed by atoms with Gasteiger partial charge >= 0.3 is 0 Å². The highest BCUT2D eigenvalue weighted by Gasteiger charge is 2.18. The highest BCUT2D eigenvalue weighted by molar-refractivity contribution is 5.29. The molecule has 112 valence electrons. The fourth-order valence-electron chi connectivity index (χ4n) is 2.21. The number of nitrogens with zero attached hydrogens (tertiary/aromatic N) is 2. The van der Waals surface area contributed by atoms with Crippen molar-refractivity contribution in [2.45, 2.75) is 39.7 Å². The van der Waals surface area contributed by atoms with Gasteiger partial charge in [-0.15, -0.1) is 0 Å². The molecule has 0 spiro atoms. The maximum absolute atomic E-state index is 12.5. The van der Waals surface area contributed by atoms with Crippen LogP contribution in [0.1, 0.15) is 39.0 Å². The molecule has 2 aromatic heterocycles. The van der Waals surface area contributed by atoms with E-state index in [-0.39, 0.29) is 5.56 Å². The average molecular weight is 286 g/mol. The van der Waals surface area contributed by atoms with Crippen molar-refractivity contribution < 1.29 is 5.11 Å². The first kappa shape index (κ1) is 15.4. The number of aliphatic hydroxyl groups is 1. The van der Waals surface area contributed by atoms with E-state index in [0.29, 0.717) is 17.4 Å². The molecular weight excluding hydrogens is 264 g/mol. The smallest absolute Gasteiger partial charge is 0.259 e. The number of hydrogen-bond acceptors (Lipinski definition) is 3. The van der Waals surface area contributed by atoms with Crippen LogP contribution in [0.2, 0.25) is 0 Å². The Labute approximate surface area is 125 Å². The van der Waals surface area contributed by atoms with Crippen molar-refractivity contribution in [3.63, 3.8) is 0 Å². The largest absolute Gasteiger partial charge is 0.384 e. The lowest BCUT2D eigenvalue weighted by molar-refractivity contribution is 0.0738. The first-order chi connectivity index (χ1) is 9.79. The van der Waals surface area contributed by atoms with Gasteiger partial charge in [-0.25, -0.2) is 4.98 Å². The van der Waals surface area contributed by atoms with E-state index in [1.165, 1.54) is 4.57 Å². The van der Waals surface area contributed by atoms with E-state index in [0.717, 1.165) is 12.0 Å². The lowest BCUT2D eigenvalue weighted by atomic mass is 10.0. The van der Waals surface area contributed by atoms with Crippen LogP contribution < -0.4 is 5.56 Å². The van der Waals surface area contributed by atoms with Crippen LogP contribution in [-0.2, 0) is 12.0 Å². The highest BCUT2D eigenvalue weighted by Crippen LogP contribution is 2.18. The Morgan fingerprint density at radius 3 is 2.57 bits per heavy atom. The average Bonchev–Trinajstić information content (AvgIpc) is 2.40. The van der Waals surface area contributed by atoms with Gasteiger partial charge in [0, 0.05) is 11.8 Å². The Bertz CT molecular complexity index is 682. The molecule has 0 amide bonds. The number of pyridine rings is 2. The van der Waals surface area contributed by atoms with Gasteiger partial charge in [0.05, 0.1) is 5.69 Å². The summed E-state index contributed by atoms with van der Waals surface area (Å²) in [4.78, 5) is 16.9. The van der Waals surface area contributed by atoms with E-state index >= 15 is 0 Å². The van der Waals surface area contributed by atoms with Crippen LogP contribution >= 0.6 is 0 Å². The summed E-state index contributed by atoms with van der Waals surface area (Å²) in [6.07, 6.45) is 2.45. The van der Waals surface area contributed by atoms with E-state index in [1.54, 1.807) is 38.2 Å². The minimum atomic E-state index is -1.03. The van der Waals surface area contributed by atoms with E-state index < -0.39 is 5.60 Å². The monoisotopic (exact) mass is 286 g/mol. The zero-order valence-corrected chi connectivity index (χ0v) is 13.0. The fraction of sp³-hybridized carbons (Fsp3) is 0.412. The molecule has 0 saturated carbocycles. The summed E-state index contributed by atoms with van der Waals surface area (Å²) in [7, 11) is 0. The van der Waals surface area contributed by atoms with Gasteiger partial charge in [0.2, 0.25) is 0 Å². The molecule has 4 nitrogen and oxygen atoms in total. The zero-order valence-electron chi connectivity index (χ0n) is 13.0. The SMILES string of the molecule is CC(C)Cc1cccn(-c2cccc(C(C)(C)O)n2)c1=O. The van der Waals surface area contributed by atoms with Crippen LogP contribution in [0.25, 0.3) is 5.82 Å². The Kier molecular flexibility index (Phi) is 4.28. The molecule has 0 radical (unpaired) electrons. The first-order valence-corrected chi connectivity index (χ1v) is 7.20. The molecule has 4 heteroatoms. The van der Waals surface area contributed by atoms with Crippen molar-refractivity contribution in [3.8, 4) is 5.82 Å². The highest BCUT2D eigenvalue weighted by atomic mass is 16.3. The summed E-state index contributed by atoms with van der Waals surface area (Å²) in [6, 6.07) is 9.05. The van der Waals surface area contributed by atoms with Crippen molar-refractivity contribution in [1.82, 2.24) is 9.55 Å². The molecule has 1 N–H and O–H groups in total. The van der Waals surface area contributed by atoms with E-state index in [4.69, 9.17) is 0 Å². The first-order valence-electron chi connectivity index (χ1n) is 7.20. The molecule has 0 fully saturated rings. The number of hydrogen-bond donors (Lipinski definition) is 1. The zero-order chi connectivity index (χ0) is 15.6. The molecule has 2 heterocycles. The van der Waals surface area contributed by atoms with Gasteiger partial charge in [0.1, 0.15) is 11.4 Å². The minimum absolute atomic E-state index is 0.0494. The second-order valence-corrected chi connectivity index (χ2v) is 6.25. The van der Waals surface area contributed by atoms with Crippen molar-refractivity contribution in [1.29, 1.82) is 0 Å². The van der Waals surface area contributed by atoms with Gasteiger partial charge in [-0.1, -0.05) is 26.0 Å². The van der Waals surface area contributed by atoms with Gasteiger partial charge in [-0.3, -0.25) is 9.36 Å². The second kappa shape index (κ2) is 5.82. The molecule has 0 bridgehead atoms. The summed E-state index contributed by atoms with van der Waals surface area (Å²) in [5, 5.41) is 10.1. The Morgan fingerprint density at radius 2 is 1.95 bits per heavy atom. The molecule has 0 unspecified atom stereocenters. The van der Waals surface area contributed by atoms with Gasteiger partial charge < -0.3 is 5.11 Å². The predicted octanol–water partition coefficient (Wildman–Crippen LogP) is 2.66.